The first-order valence-electron chi connectivity index (χ1n) is 5.62. The average Bonchev–Trinajstić information content (AvgIpc) is 2.28. The zero-order valence-electron chi connectivity index (χ0n) is 10.7. The summed E-state index contributed by atoms with van der Waals surface area (Å²) in [4.78, 5) is 2.30. The van der Waals surface area contributed by atoms with Gasteiger partial charge in [-0.3, -0.25) is 0 Å². The van der Waals surface area contributed by atoms with E-state index in [4.69, 9.17) is 18.0 Å². The van der Waals surface area contributed by atoms with Crippen LogP contribution in [0.4, 0.5) is 10.1 Å². The standard InChI is InChI=1S/C13H19FN2S/c1-5-13(2,3)16(4)11-7-6-9(14)8-10(11)12(15)17/h6-8H,5H2,1-4H3,(H2,15,17). The molecule has 0 radical (unpaired) electrons. The quantitative estimate of drug-likeness (QED) is 0.837. The van der Waals surface area contributed by atoms with Crippen LogP contribution in [0.15, 0.2) is 18.2 Å². The van der Waals surface area contributed by atoms with E-state index in [-0.39, 0.29) is 16.3 Å². The molecule has 0 aliphatic rings. The van der Waals surface area contributed by atoms with Gasteiger partial charge < -0.3 is 10.6 Å². The highest BCUT2D eigenvalue weighted by atomic mass is 32.1. The van der Waals surface area contributed by atoms with Gasteiger partial charge in [0.1, 0.15) is 10.8 Å². The summed E-state index contributed by atoms with van der Waals surface area (Å²) in [5.41, 5.74) is 7.07. The molecule has 0 aliphatic carbocycles. The Balaban J connectivity index is 3.26. The normalized spacial score (nSPS) is 11.4. The Morgan fingerprint density at radius 3 is 2.53 bits per heavy atom. The van der Waals surface area contributed by atoms with Crippen LogP contribution in [0.5, 0.6) is 0 Å². The van der Waals surface area contributed by atoms with Crippen molar-refractivity contribution in [2.45, 2.75) is 32.7 Å². The van der Waals surface area contributed by atoms with E-state index in [2.05, 4.69) is 25.7 Å². The summed E-state index contributed by atoms with van der Waals surface area (Å²) in [6, 6.07) is 4.54. The van der Waals surface area contributed by atoms with Gasteiger partial charge in [-0.1, -0.05) is 19.1 Å². The van der Waals surface area contributed by atoms with Crippen LogP contribution in [-0.2, 0) is 0 Å². The fourth-order valence-corrected chi connectivity index (χ4v) is 1.72. The summed E-state index contributed by atoms with van der Waals surface area (Å²) in [6.07, 6.45) is 0.970. The molecule has 17 heavy (non-hydrogen) atoms. The molecule has 0 amide bonds. The van der Waals surface area contributed by atoms with Gasteiger partial charge in [-0.25, -0.2) is 4.39 Å². The van der Waals surface area contributed by atoms with Crippen molar-refractivity contribution < 1.29 is 4.39 Å². The zero-order valence-corrected chi connectivity index (χ0v) is 11.6. The number of nitrogens with zero attached hydrogens (tertiary/aromatic N) is 1. The maximum absolute atomic E-state index is 13.2. The molecule has 1 aromatic carbocycles. The first-order chi connectivity index (χ1) is 7.79. The summed E-state index contributed by atoms with van der Waals surface area (Å²) in [7, 11) is 1.97. The Morgan fingerprint density at radius 1 is 1.47 bits per heavy atom. The molecule has 0 aromatic heterocycles. The van der Waals surface area contributed by atoms with E-state index in [0.29, 0.717) is 5.56 Å². The van der Waals surface area contributed by atoms with Crippen LogP contribution >= 0.6 is 12.2 Å². The van der Waals surface area contributed by atoms with E-state index in [1.54, 1.807) is 6.07 Å². The molecule has 2 N–H and O–H groups in total. The second kappa shape index (κ2) is 5.00. The van der Waals surface area contributed by atoms with E-state index in [9.17, 15) is 4.39 Å². The fraction of sp³-hybridized carbons (Fsp3) is 0.462. The minimum atomic E-state index is -0.320. The summed E-state index contributed by atoms with van der Waals surface area (Å²) < 4.78 is 13.2. The summed E-state index contributed by atoms with van der Waals surface area (Å²) in [5, 5.41) is 0. The van der Waals surface area contributed by atoms with Crippen LogP contribution < -0.4 is 10.6 Å². The van der Waals surface area contributed by atoms with Crippen molar-refractivity contribution in [3.63, 3.8) is 0 Å². The number of thiocarbonyl (C=S) groups is 1. The smallest absolute Gasteiger partial charge is 0.124 e. The predicted octanol–water partition coefficient (Wildman–Crippen LogP) is 3.08. The minimum absolute atomic E-state index is 0.0304. The second-order valence-electron chi connectivity index (χ2n) is 4.75. The molecule has 0 unspecified atom stereocenters. The number of halogens is 1. The van der Waals surface area contributed by atoms with Gasteiger partial charge in [-0.2, -0.15) is 0 Å². The van der Waals surface area contributed by atoms with Crippen molar-refractivity contribution in [2.75, 3.05) is 11.9 Å². The van der Waals surface area contributed by atoms with Crippen LogP contribution in [0.3, 0.4) is 0 Å². The van der Waals surface area contributed by atoms with E-state index in [1.165, 1.54) is 12.1 Å². The van der Waals surface area contributed by atoms with Crippen molar-refractivity contribution in [2.24, 2.45) is 5.73 Å². The third kappa shape index (κ3) is 2.94. The van der Waals surface area contributed by atoms with Crippen molar-refractivity contribution in [3.8, 4) is 0 Å². The first-order valence-corrected chi connectivity index (χ1v) is 6.03. The summed E-state index contributed by atoms with van der Waals surface area (Å²) in [6.45, 7) is 6.36. The van der Waals surface area contributed by atoms with Gasteiger partial charge in [0.25, 0.3) is 0 Å². The lowest BCUT2D eigenvalue weighted by atomic mass is 9.98. The number of anilines is 1. The number of hydrogen-bond donors (Lipinski definition) is 1. The summed E-state index contributed by atoms with van der Waals surface area (Å²) in [5.74, 6) is -0.320. The lowest BCUT2D eigenvalue weighted by Crippen LogP contribution is -2.41. The molecule has 0 saturated heterocycles. The number of hydrogen-bond acceptors (Lipinski definition) is 2. The highest BCUT2D eigenvalue weighted by molar-refractivity contribution is 7.80. The average molecular weight is 254 g/mol. The van der Waals surface area contributed by atoms with Gasteiger partial charge in [0.05, 0.1) is 0 Å². The molecule has 0 spiro atoms. The molecular formula is C13H19FN2S. The van der Waals surface area contributed by atoms with Gasteiger partial charge in [-0.05, 0) is 38.5 Å². The minimum Gasteiger partial charge on any atom is -0.389 e. The Labute approximate surface area is 108 Å². The molecule has 4 heteroatoms. The van der Waals surface area contributed by atoms with Gasteiger partial charge in [0.15, 0.2) is 0 Å². The predicted molar refractivity (Wildman–Crippen MR) is 75.1 cm³/mol. The van der Waals surface area contributed by atoms with E-state index in [1.807, 2.05) is 7.05 Å². The van der Waals surface area contributed by atoms with Crippen molar-refractivity contribution >= 4 is 22.9 Å². The van der Waals surface area contributed by atoms with Crippen LogP contribution in [0.1, 0.15) is 32.8 Å². The molecule has 0 heterocycles. The number of nitrogens with two attached hydrogens (primary N) is 1. The van der Waals surface area contributed by atoms with Crippen molar-refractivity contribution in [3.05, 3.63) is 29.6 Å². The SMILES string of the molecule is CCC(C)(C)N(C)c1ccc(F)cc1C(N)=S. The van der Waals surface area contributed by atoms with Crippen LogP contribution in [0.2, 0.25) is 0 Å². The largest absolute Gasteiger partial charge is 0.389 e. The number of benzene rings is 1. The Morgan fingerprint density at radius 2 is 2.06 bits per heavy atom. The molecule has 94 valence electrons. The molecule has 0 fully saturated rings. The van der Waals surface area contributed by atoms with Gasteiger partial charge >= 0.3 is 0 Å². The van der Waals surface area contributed by atoms with Crippen molar-refractivity contribution in [1.29, 1.82) is 0 Å². The van der Waals surface area contributed by atoms with E-state index >= 15 is 0 Å². The lowest BCUT2D eigenvalue weighted by molar-refractivity contribution is 0.470. The molecular weight excluding hydrogens is 235 g/mol. The van der Waals surface area contributed by atoms with E-state index in [0.717, 1.165) is 12.1 Å². The lowest BCUT2D eigenvalue weighted by Gasteiger charge is -2.37. The van der Waals surface area contributed by atoms with Gasteiger partial charge in [0.2, 0.25) is 0 Å². The maximum atomic E-state index is 13.2. The van der Waals surface area contributed by atoms with Crippen LogP contribution in [0, 0.1) is 5.82 Å². The number of rotatable bonds is 4. The fourth-order valence-electron chi connectivity index (χ4n) is 1.56. The van der Waals surface area contributed by atoms with Gasteiger partial charge in [0, 0.05) is 23.8 Å². The zero-order chi connectivity index (χ0) is 13.2. The molecule has 1 aromatic rings. The molecule has 0 bridgehead atoms. The Kier molecular flexibility index (Phi) is 4.09. The first kappa shape index (κ1) is 13.9. The molecule has 0 saturated carbocycles. The molecule has 0 aliphatic heterocycles. The monoisotopic (exact) mass is 254 g/mol. The summed E-state index contributed by atoms with van der Waals surface area (Å²) >= 11 is 4.97. The highest BCUT2D eigenvalue weighted by Crippen LogP contribution is 2.28. The van der Waals surface area contributed by atoms with Crippen LogP contribution in [-0.4, -0.2) is 17.6 Å². The highest BCUT2D eigenvalue weighted by Gasteiger charge is 2.24. The third-order valence-electron chi connectivity index (χ3n) is 3.36. The maximum Gasteiger partial charge on any atom is 0.124 e. The third-order valence-corrected chi connectivity index (χ3v) is 3.58. The topological polar surface area (TPSA) is 29.3 Å². The van der Waals surface area contributed by atoms with Crippen LogP contribution in [0.25, 0.3) is 0 Å². The Hall–Kier alpha value is -1.16. The molecule has 0 atom stereocenters. The molecule has 2 nitrogen and oxygen atoms in total. The Bertz CT molecular complexity index is 429. The van der Waals surface area contributed by atoms with Gasteiger partial charge in [-0.15, -0.1) is 0 Å². The second-order valence-corrected chi connectivity index (χ2v) is 5.19. The van der Waals surface area contributed by atoms with E-state index < -0.39 is 0 Å². The van der Waals surface area contributed by atoms with Crippen molar-refractivity contribution in [1.82, 2.24) is 0 Å². The molecule has 1 rings (SSSR count).